The van der Waals surface area contributed by atoms with Crippen LogP contribution in [0.5, 0.6) is 0 Å². The fourth-order valence-corrected chi connectivity index (χ4v) is 3.22. The van der Waals surface area contributed by atoms with Crippen molar-refractivity contribution >= 4 is 46.4 Å². The van der Waals surface area contributed by atoms with Crippen LogP contribution < -0.4 is 10.2 Å². The van der Waals surface area contributed by atoms with E-state index in [-0.39, 0.29) is 23.9 Å². The number of anilines is 2. The number of amides is 2. The van der Waals surface area contributed by atoms with Gasteiger partial charge < -0.3 is 10.2 Å². The SMILES string of the molecule is O=C(Cc1ccc(Cl)cc1Cl)Nc1ccc(N2CCCC2=O)c(F)c1. The van der Waals surface area contributed by atoms with E-state index >= 15 is 0 Å². The van der Waals surface area contributed by atoms with Crippen LogP contribution in [0.4, 0.5) is 15.8 Å². The lowest BCUT2D eigenvalue weighted by molar-refractivity contribution is -0.117. The normalized spacial score (nSPS) is 14.0. The molecule has 7 heteroatoms. The average molecular weight is 381 g/mol. The Labute approximate surface area is 154 Å². The van der Waals surface area contributed by atoms with Crippen molar-refractivity contribution in [2.45, 2.75) is 19.3 Å². The predicted molar refractivity (Wildman–Crippen MR) is 96.8 cm³/mol. The Morgan fingerprint density at radius 1 is 1.20 bits per heavy atom. The molecule has 0 atom stereocenters. The van der Waals surface area contributed by atoms with Gasteiger partial charge in [0.25, 0.3) is 0 Å². The second-order valence-corrected chi connectivity index (χ2v) is 6.62. The van der Waals surface area contributed by atoms with Crippen LogP contribution in [0.3, 0.4) is 0 Å². The van der Waals surface area contributed by atoms with Gasteiger partial charge in [-0.2, -0.15) is 0 Å². The van der Waals surface area contributed by atoms with Crippen molar-refractivity contribution in [3.05, 3.63) is 57.8 Å². The third-order valence-corrected chi connectivity index (χ3v) is 4.55. The maximum Gasteiger partial charge on any atom is 0.228 e. The van der Waals surface area contributed by atoms with Crippen molar-refractivity contribution in [2.75, 3.05) is 16.8 Å². The third kappa shape index (κ3) is 4.11. The highest BCUT2D eigenvalue weighted by Gasteiger charge is 2.24. The van der Waals surface area contributed by atoms with Crippen molar-refractivity contribution in [3.8, 4) is 0 Å². The highest BCUT2D eigenvalue weighted by Crippen LogP contribution is 2.27. The molecule has 0 aliphatic carbocycles. The summed E-state index contributed by atoms with van der Waals surface area (Å²) in [6.07, 6.45) is 1.20. The van der Waals surface area contributed by atoms with Gasteiger partial charge in [-0.1, -0.05) is 29.3 Å². The minimum Gasteiger partial charge on any atom is -0.326 e. The average Bonchev–Trinajstić information content (AvgIpc) is 2.96. The van der Waals surface area contributed by atoms with Crippen molar-refractivity contribution in [3.63, 3.8) is 0 Å². The van der Waals surface area contributed by atoms with Gasteiger partial charge in [0, 0.05) is 28.7 Å². The quantitative estimate of drug-likeness (QED) is 0.851. The fourth-order valence-electron chi connectivity index (χ4n) is 2.75. The first-order valence-electron chi connectivity index (χ1n) is 7.78. The number of benzene rings is 2. The van der Waals surface area contributed by atoms with Crippen LogP contribution in [0.25, 0.3) is 0 Å². The molecule has 0 unspecified atom stereocenters. The van der Waals surface area contributed by atoms with Crippen LogP contribution in [0.1, 0.15) is 18.4 Å². The smallest absolute Gasteiger partial charge is 0.228 e. The molecule has 2 aromatic rings. The summed E-state index contributed by atoms with van der Waals surface area (Å²) >= 11 is 11.9. The highest BCUT2D eigenvalue weighted by molar-refractivity contribution is 6.35. The summed E-state index contributed by atoms with van der Waals surface area (Å²) in [7, 11) is 0. The molecule has 0 saturated carbocycles. The van der Waals surface area contributed by atoms with Crippen LogP contribution in [0.15, 0.2) is 36.4 Å². The topological polar surface area (TPSA) is 49.4 Å². The Balaban J connectivity index is 1.69. The monoisotopic (exact) mass is 380 g/mol. The molecule has 1 aliphatic rings. The predicted octanol–water partition coefficient (Wildman–Crippen LogP) is 4.44. The molecule has 2 aromatic carbocycles. The minimum absolute atomic E-state index is 0.0456. The molecular weight excluding hydrogens is 366 g/mol. The van der Waals surface area contributed by atoms with Gasteiger partial charge in [-0.05, 0) is 42.3 Å². The number of hydrogen-bond donors (Lipinski definition) is 1. The number of hydrogen-bond acceptors (Lipinski definition) is 2. The zero-order valence-electron chi connectivity index (χ0n) is 13.2. The van der Waals surface area contributed by atoms with E-state index in [2.05, 4.69) is 5.32 Å². The van der Waals surface area contributed by atoms with Crippen LogP contribution in [0.2, 0.25) is 10.0 Å². The summed E-state index contributed by atoms with van der Waals surface area (Å²) in [6, 6.07) is 9.18. The molecule has 3 rings (SSSR count). The zero-order valence-corrected chi connectivity index (χ0v) is 14.7. The highest BCUT2D eigenvalue weighted by atomic mass is 35.5. The molecular formula is C18H15Cl2FN2O2. The molecule has 2 amide bonds. The molecule has 130 valence electrons. The van der Waals surface area contributed by atoms with Crippen molar-refractivity contribution in [1.82, 2.24) is 0 Å². The summed E-state index contributed by atoms with van der Waals surface area (Å²) in [5.41, 5.74) is 1.19. The van der Waals surface area contributed by atoms with E-state index < -0.39 is 5.82 Å². The molecule has 0 bridgehead atoms. The van der Waals surface area contributed by atoms with Crippen molar-refractivity contribution in [1.29, 1.82) is 0 Å². The first kappa shape index (κ1) is 17.7. The Hall–Kier alpha value is -2.11. The minimum atomic E-state index is -0.544. The van der Waals surface area contributed by atoms with Crippen molar-refractivity contribution < 1.29 is 14.0 Å². The molecule has 25 heavy (non-hydrogen) atoms. The summed E-state index contributed by atoms with van der Waals surface area (Å²) in [4.78, 5) is 25.3. The molecule has 4 nitrogen and oxygen atoms in total. The van der Waals surface area contributed by atoms with Gasteiger partial charge in [0.15, 0.2) is 0 Å². The number of nitrogens with zero attached hydrogens (tertiary/aromatic N) is 1. The molecule has 1 N–H and O–H groups in total. The Bertz CT molecular complexity index is 842. The second-order valence-electron chi connectivity index (χ2n) is 5.78. The standard InChI is InChI=1S/C18H15Cl2FN2O2/c19-12-4-3-11(14(20)9-12)8-17(24)22-13-5-6-16(15(21)10-13)23-7-1-2-18(23)25/h3-6,9-10H,1-2,7-8H2,(H,22,24). The van der Waals surface area contributed by atoms with Crippen LogP contribution >= 0.6 is 23.2 Å². The van der Waals surface area contributed by atoms with E-state index in [0.29, 0.717) is 34.3 Å². The number of carbonyl (C=O) groups excluding carboxylic acids is 2. The zero-order chi connectivity index (χ0) is 18.0. The summed E-state index contributed by atoms with van der Waals surface area (Å²) in [6.45, 7) is 0.510. The summed E-state index contributed by atoms with van der Waals surface area (Å²) in [5.74, 6) is -0.959. The van der Waals surface area contributed by atoms with Crippen LogP contribution in [-0.4, -0.2) is 18.4 Å². The summed E-state index contributed by atoms with van der Waals surface area (Å²) in [5, 5.41) is 3.52. The van der Waals surface area contributed by atoms with E-state index in [4.69, 9.17) is 23.2 Å². The third-order valence-electron chi connectivity index (χ3n) is 3.96. The maximum atomic E-state index is 14.3. The van der Waals surface area contributed by atoms with Gasteiger partial charge in [-0.3, -0.25) is 9.59 Å². The van der Waals surface area contributed by atoms with Crippen molar-refractivity contribution in [2.24, 2.45) is 0 Å². The molecule has 1 saturated heterocycles. The first-order valence-corrected chi connectivity index (χ1v) is 8.53. The van der Waals surface area contributed by atoms with E-state index in [9.17, 15) is 14.0 Å². The van der Waals surface area contributed by atoms with E-state index in [1.807, 2.05) is 0 Å². The van der Waals surface area contributed by atoms with E-state index in [0.717, 1.165) is 6.42 Å². The largest absolute Gasteiger partial charge is 0.326 e. The van der Waals surface area contributed by atoms with E-state index in [1.165, 1.54) is 17.0 Å². The maximum absolute atomic E-state index is 14.3. The molecule has 1 fully saturated rings. The molecule has 0 spiro atoms. The number of nitrogens with one attached hydrogen (secondary N) is 1. The molecule has 0 aromatic heterocycles. The molecule has 1 heterocycles. The number of halogens is 3. The Morgan fingerprint density at radius 2 is 2.00 bits per heavy atom. The lowest BCUT2D eigenvalue weighted by Crippen LogP contribution is -2.24. The fraction of sp³-hybridized carbons (Fsp3) is 0.222. The first-order chi connectivity index (χ1) is 11.9. The van der Waals surface area contributed by atoms with Gasteiger partial charge in [-0.25, -0.2) is 4.39 Å². The van der Waals surface area contributed by atoms with Crippen LogP contribution in [-0.2, 0) is 16.0 Å². The second kappa shape index (κ2) is 7.42. The Kier molecular flexibility index (Phi) is 5.25. The Morgan fingerprint density at radius 3 is 2.64 bits per heavy atom. The van der Waals surface area contributed by atoms with Gasteiger partial charge in [0.05, 0.1) is 12.1 Å². The van der Waals surface area contributed by atoms with Gasteiger partial charge >= 0.3 is 0 Å². The van der Waals surface area contributed by atoms with Gasteiger partial charge in [-0.15, -0.1) is 0 Å². The van der Waals surface area contributed by atoms with Gasteiger partial charge in [0.2, 0.25) is 11.8 Å². The van der Waals surface area contributed by atoms with Gasteiger partial charge in [0.1, 0.15) is 5.82 Å². The lowest BCUT2D eigenvalue weighted by atomic mass is 10.1. The molecule has 1 aliphatic heterocycles. The summed E-state index contributed by atoms with van der Waals surface area (Å²) < 4.78 is 14.3. The number of carbonyl (C=O) groups is 2. The van der Waals surface area contributed by atoms with E-state index in [1.54, 1.807) is 24.3 Å². The molecule has 0 radical (unpaired) electrons. The number of rotatable bonds is 4. The lowest BCUT2D eigenvalue weighted by Gasteiger charge is -2.17. The van der Waals surface area contributed by atoms with Crippen LogP contribution in [0, 0.1) is 5.82 Å².